The number of nitrogens with one attached hydrogen (secondary N) is 1. The van der Waals surface area contributed by atoms with Gasteiger partial charge in [-0.15, -0.1) is 0 Å². The summed E-state index contributed by atoms with van der Waals surface area (Å²) in [6.07, 6.45) is 5.54. The van der Waals surface area contributed by atoms with E-state index in [-0.39, 0.29) is 11.6 Å². The Balaban J connectivity index is 1.42. The van der Waals surface area contributed by atoms with Crippen molar-refractivity contribution in [2.45, 2.75) is 38.1 Å². The van der Waals surface area contributed by atoms with Crippen molar-refractivity contribution in [2.24, 2.45) is 0 Å². The highest BCUT2D eigenvalue weighted by Crippen LogP contribution is 2.21. The lowest BCUT2D eigenvalue weighted by Crippen LogP contribution is -2.47. The molecule has 0 aromatic heterocycles. The molecule has 1 aromatic carbocycles. The van der Waals surface area contributed by atoms with Crippen LogP contribution in [-0.2, 0) is 4.79 Å². The lowest BCUT2D eigenvalue weighted by atomic mass is 10.0. The first kappa shape index (κ1) is 17.8. The molecule has 2 aliphatic heterocycles. The summed E-state index contributed by atoms with van der Waals surface area (Å²) in [6.45, 7) is 5.33. The number of rotatable bonds is 6. The van der Waals surface area contributed by atoms with Crippen LogP contribution in [0, 0.1) is 10.1 Å². The smallest absolute Gasteiger partial charge is 0.269 e. The van der Waals surface area contributed by atoms with Gasteiger partial charge in [-0.1, -0.05) is 0 Å². The van der Waals surface area contributed by atoms with E-state index in [2.05, 4.69) is 15.1 Å². The Kier molecular flexibility index (Phi) is 5.99. The minimum Gasteiger partial charge on any atom is -0.326 e. The average molecular weight is 346 g/mol. The van der Waals surface area contributed by atoms with Gasteiger partial charge in [0.2, 0.25) is 5.91 Å². The number of carbonyl (C=O) groups excluding carboxylic acids is 1. The predicted molar refractivity (Wildman–Crippen MR) is 96.6 cm³/mol. The van der Waals surface area contributed by atoms with Crippen LogP contribution in [0.2, 0.25) is 0 Å². The molecule has 0 spiro atoms. The number of carbonyl (C=O) groups is 1. The van der Waals surface area contributed by atoms with Gasteiger partial charge < -0.3 is 10.2 Å². The highest BCUT2D eigenvalue weighted by Gasteiger charge is 2.27. The van der Waals surface area contributed by atoms with E-state index in [0.717, 1.165) is 19.6 Å². The van der Waals surface area contributed by atoms with Crippen molar-refractivity contribution >= 4 is 17.3 Å². The second kappa shape index (κ2) is 8.40. The van der Waals surface area contributed by atoms with Gasteiger partial charge >= 0.3 is 0 Å². The number of nitrogens with zero attached hydrogens (tertiary/aromatic N) is 3. The molecule has 7 heteroatoms. The number of anilines is 1. The van der Waals surface area contributed by atoms with E-state index < -0.39 is 4.92 Å². The topological polar surface area (TPSA) is 78.7 Å². The molecule has 2 heterocycles. The molecule has 0 bridgehead atoms. The van der Waals surface area contributed by atoms with Gasteiger partial charge in [0.05, 0.1) is 4.92 Å². The molecule has 0 unspecified atom stereocenters. The first-order valence-corrected chi connectivity index (χ1v) is 9.12. The summed E-state index contributed by atoms with van der Waals surface area (Å²) in [4.78, 5) is 27.3. The molecular weight excluding hydrogens is 320 g/mol. The van der Waals surface area contributed by atoms with E-state index in [9.17, 15) is 14.9 Å². The number of hydrogen-bond acceptors (Lipinski definition) is 5. The molecule has 0 saturated carbocycles. The van der Waals surface area contributed by atoms with E-state index in [4.69, 9.17) is 0 Å². The fraction of sp³-hybridized carbons (Fsp3) is 0.611. The third-order valence-corrected chi connectivity index (χ3v) is 5.15. The number of benzene rings is 1. The zero-order valence-electron chi connectivity index (χ0n) is 14.5. The summed E-state index contributed by atoms with van der Waals surface area (Å²) in [6, 6.07) is 6.59. The third-order valence-electron chi connectivity index (χ3n) is 5.15. The number of piperidine rings is 1. The quantitative estimate of drug-likeness (QED) is 0.632. The molecule has 1 amide bonds. The van der Waals surface area contributed by atoms with E-state index in [0.29, 0.717) is 18.2 Å². The molecule has 2 aliphatic rings. The minimum absolute atomic E-state index is 0.0271. The van der Waals surface area contributed by atoms with Crippen molar-refractivity contribution in [3.63, 3.8) is 0 Å². The maximum absolute atomic E-state index is 12.1. The van der Waals surface area contributed by atoms with Crippen molar-refractivity contribution in [1.82, 2.24) is 9.80 Å². The Morgan fingerprint density at radius 2 is 1.88 bits per heavy atom. The average Bonchev–Trinajstić information content (AvgIpc) is 3.15. The normalized spacial score (nSPS) is 22.0. The molecule has 2 saturated heterocycles. The maximum Gasteiger partial charge on any atom is 0.269 e. The van der Waals surface area contributed by atoms with Gasteiger partial charge in [-0.2, -0.15) is 0 Å². The molecule has 3 rings (SSSR count). The van der Waals surface area contributed by atoms with Crippen LogP contribution in [0.3, 0.4) is 0 Å². The summed E-state index contributed by atoms with van der Waals surface area (Å²) in [5.41, 5.74) is 0.628. The molecule has 0 aliphatic carbocycles. The number of likely N-dealkylation sites (tertiary alicyclic amines) is 2. The number of nitro benzene ring substituents is 1. The molecule has 1 aromatic rings. The van der Waals surface area contributed by atoms with Crippen LogP contribution in [0.1, 0.15) is 32.1 Å². The van der Waals surface area contributed by atoms with Crippen molar-refractivity contribution in [3.05, 3.63) is 34.4 Å². The first-order chi connectivity index (χ1) is 12.1. The monoisotopic (exact) mass is 346 g/mol. The van der Waals surface area contributed by atoms with Crippen LogP contribution in [-0.4, -0.2) is 59.4 Å². The number of amides is 1. The molecule has 0 radical (unpaired) electrons. The lowest BCUT2D eigenvalue weighted by molar-refractivity contribution is -0.384. The lowest BCUT2D eigenvalue weighted by Gasteiger charge is -2.37. The van der Waals surface area contributed by atoms with Gasteiger partial charge in [0.25, 0.3) is 5.69 Å². The highest BCUT2D eigenvalue weighted by atomic mass is 16.6. The molecule has 1 atom stereocenters. The van der Waals surface area contributed by atoms with Crippen LogP contribution in [0.25, 0.3) is 0 Å². The number of non-ortho nitro benzene ring substituents is 1. The molecule has 136 valence electrons. The summed E-state index contributed by atoms with van der Waals surface area (Å²) < 4.78 is 0. The van der Waals surface area contributed by atoms with E-state index >= 15 is 0 Å². The van der Waals surface area contributed by atoms with Gasteiger partial charge in [-0.05, 0) is 57.5 Å². The molecule has 2 fully saturated rings. The van der Waals surface area contributed by atoms with Crippen LogP contribution in [0.15, 0.2) is 24.3 Å². The van der Waals surface area contributed by atoms with Crippen LogP contribution in [0.4, 0.5) is 11.4 Å². The Labute approximate surface area is 148 Å². The maximum atomic E-state index is 12.1. The SMILES string of the molecule is O=C(CCN1CCC[C@@H](N2CCCC2)C1)Nc1ccc([N+](=O)[O-])cc1. The van der Waals surface area contributed by atoms with Gasteiger partial charge in [-0.25, -0.2) is 0 Å². The Hall–Kier alpha value is -1.99. The molecular formula is C18H26N4O3. The standard InChI is InChI=1S/C18H26N4O3/c23-18(19-15-5-7-16(8-6-15)22(24)25)9-13-20-10-3-4-17(14-20)21-11-1-2-12-21/h5-8,17H,1-4,9-14H2,(H,19,23)/t17-/m1/s1. The Morgan fingerprint density at radius 1 is 1.16 bits per heavy atom. The third kappa shape index (κ3) is 4.99. The zero-order valence-corrected chi connectivity index (χ0v) is 14.5. The first-order valence-electron chi connectivity index (χ1n) is 9.12. The van der Waals surface area contributed by atoms with Crippen LogP contribution in [0.5, 0.6) is 0 Å². The molecule has 7 nitrogen and oxygen atoms in total. The predicted octanol–water partition coefficient (Wildman–Crippen LogP) is 2.48. The van der Waals surface area contributed by atoms with Gasteiger partial charge in [0.1, 0.15) is 0 Å². The fourth-order valence-corrected chi connectivity index (χ4v) is 3.79. The number of hydrogen-bond donors (Lipinski definition) is 1. The summed E-state index contributed by atoms with van der Waals surface area (Å²) in [7, 11) is 0. The van der Waals surface area contributed by atoms with Crippen LogP contribution < -0.4 is 5.32 Å². The molecule has 1 N–H and O–H groups in total. The van der Waals surface area contributed by atoms with E-state index in [1.54, 1.807) is 12.1 Å². The summed E-state index contributed by atoms with van der Waals surface area (Å²) >= 11 is 0. The number of nitro groups is 1. The van der Waals surface area contributed by atoms with Gasteiger partial charge in [-0.3, -0.25) is 19.8 Å². The second-order valence-electron chi connectivity index (χ2n) is 6.94. The fourth-order valence-electron chi connectivity index (χ4n) is 3.79. The summed E-state index contributed by atoms with van der Waals surface area (Å²) in [5, 5.41) is 13.5. The van der Waals surface area contributed by atoms with Crippen molar-refractivity contribution in [3.8, 4) is 0 Å². The Morgan fingerprint density at radius 3 is 2.56 bits per heavy atom. The highest BCUT2D eigenvalue weighted by molar-refractivity contribution is 5.90. The van der Waals surface area contributed by atoms with Gasteiger partial charge in [0.15, 0.2) is 0 Å². The van der Waals surface area contributed by atoms with E-state index in [1.165, 1.54) is 50.9 Å². The van der Waals surface area contributed by atoms with Crippen molar-refractivity contribution in [2.75, 3.05) is 38.0 Å². The van der Waals surface area contributed by atoms with Crippen molar-refractivity contribution in [1.29, 1.82) is 0 Å². The van der Waals surface area contributed by atoms with Crippen molar-refractivity contribution < 1.29 is 9.72 Å². The summed E-state index contributed by atoms with van der Waals surface area (Å²) in [5.74, 6) is -0.0443. The zero-order chi connectivity index (χ0) is 17.6. The Bertz CT molecular complexity index is 599. The molecule has 25 heavy (non-hydrogen) atoms. The van der Waals surface area contributed by atoms with Crippen LogP contribution >= 0.6 is 0 Å². The second-order valence-corrected chi connectivity index (χ2v) is 6.94. The largest absolute Gasteiger partial charge is 0.326 e. The minimum atomic E-state index is -0.446. The van der Waals surface area contributed by atoms with E-state index in [1.807, 2.05) is 0 Å². The van der Waals surface area contributed by atoms with Gasteiger partial charge in [0, 0.05) is 43.4 Å².